The standard InChI is InChI=1S/C30H34N2O7S/c1-35-23-12-11-19(15-24(23)36-2)13-14-31-28(33)22-18-40-30(20-9-7-6-8-10-20)32(22)29(34)21-16-25(37-3)27(39-5)26(17-21)38-4/h6-12,15-17,22,30H,13-14,18H2,1-5H3,(H,31,33). The van der Waals surface area contributed by atoms with Crippen LogP contribution in [0.1, 0.15) is 26.9 Å². The highest BCUT2D eigenvalue weighted by Crippen LogP contribution is 2.44. The first-order valence-electron chi connectivity index (χ1n) is 12.7. The lowest BCUT2D eigenvalue weighted by atomic mass is 10.1. The number of carbonyl (C=O) groups is 2. The third-order valence-corrected chi connectivity index (χ3v) is 8.02. The number of ether oxygens (including phenoxy) is 5. The Morgan fingerprint density at radius 2 is 1.48 bits per heavy atom. The molecule has 1 heterocycles. The van der Waals surface area contributed by atoms with Crippen LogP contribution in [0.3, 0.4) is 0 Å². The zero-order valence-corrected chi connectivity index (χ0v) is 24.1. The van der Waals surface area contributed by atoms with E-state index in [-0.39, 0.29) is 17.2 Å². The van der Waals surface area contributed by atoms with E-state index in [2.05, 4.69) is 5.32 Å². The van der Waals surface area contributed by atoms with Gasteiger partial charge in [0.25, 0.3) is 5.91 Å². The predicted octanol–water partition coefficient (Wildman–Crippen LogP) is 4.34. The van der Waals surface area contributed by atoms with E-state index in [1.807, 2.05) is 48.5 Å². The molecule has 0 radical (unpaired) electrons. The average molecular weight is 567 g/mol. The maximum atomic E-state index is 14.1. The van der Waals surface area contributed by atoms with Gasteiger partial charge in [-0.15, -0.1) is 11.8 Å². The van der Waals surface area contributed by atoms with E-state index in [0.717, 1.165) is 11.1 Å². The van der Waals surface area contributed by atoms with Gasteiger partial charge in [-0.25, -0.2) is 0 Å². The molecule has 0 aliphatic carbocycles. The molecule has 3 aromatic carbocycles. The maximum Gasteiger partial charge on any atom is 0.256 e. The smallest absolute Gasteiger partial charge is 0.256 e. The number of methoxy groups -OCH3 is 5. The van der Waals surface area contributed by atoms with Crippen molar-refractivity contribution in [1.29, 1.82) is 0 Å². The minimum absolute atomic E-state index is 0.216. The fourth-order valence-corrected chi connectivity index (χ4v) is 6.10. The van der Waals surface area contributed by atoms with Gasteiger partial charge in [-0.2, -0.15) is 0 Å². The molecule has 0 aromatic heterocycles. The summed E-state index contributed by atoms with van der Waals surface area (Å²) in [7, 11) is 7.68. The second-order valence-electron chi connectivity index (χ2n) is 8.97. The van der Waals surface area contributed by atoms with Crippen LogP contribution in [0.2, 0.25) is 0 Å². The quantitative estimate of drug-likeness (QED) is 0.366. The van der Waals surface area contributed by atoms with Crippen LogP contribution in [0.15, 0.2) is 60.7 Å². The van der Waals surface area contributed by atoms with Crippen LogP contribution >= 0.6 is 11.8 Å². The lowest BCUT2D eigenvalue weighted by Crippen LogP contribution is -2.48. The van der Waals surface area contributed by atoms with Crippen molar-refractivity contribution in [3.8, 4) is 28.7 Å². The molecule has 2 atom stereocenters. The van der Waals surface area contributed by atoms with Crippen molar-refractivity contribution in [2.45, 2.75) is 17.8 Å². The summed E-state index contributed by atoms with van der Waals surface area (Å²) >= 11 is 1.56. The summed E-state index contributed by atoms with van der Waals surface area (Å²) in [5, 5.41) is 2.68. The largest absolute Gasteiger partial charge is 0.493 e. The van der Waals surface area contributed by atoms with E-state index < -0.39 is 6.04 Å². The van der Waals surface area contributed by atoms with Crippen LogP contribution < -0.4 is 29.0 Å². The van der Waals surface area contributed by atoms with Crippen molar-refractivity contribution in [1.82, 2.24) is 10.2 Å². The Bertz CT molecular complexity index is 1310. The summed E-state index contributed by atoms with van der Waals surface area (Å²) in [5.41, 5.74) is 2.27. The number of hydrogen-bond acceptors (Lipinski definition) is 8. The van der Waals surface area contributed by atoms with Gasteiger partial charge in [0, 0.05) is 17.9 Å². The number of thioether (sulfide) groups is 1. The molecule has 1 aliphatic heterocycles. The van der Waals surface area contributed by atoms with Crippen molar-refractivity contribution in [3.05, 3.63) is 77.4 Å². The molecule has 1 N–H and O–H groups in total. The Morgan fingerprint density at radius 1 is 0.825 bits per heavy atom. The molecule has 4 rings (SSSR count). The molecule has 0 saturated carbocycles. The van der Waals surface area contributed by atoms with E-state index in [0.29, 0.717) is 53.0 Å². The van der Waals surface area contributed by atoms with Crippen LogP contribution in [0, 0.1) is 0 Å². The van der Waals surface area contributed by atoms with Crippen molar-refractivity contribution in [2.24, 2.45) is 0 Å². The van der Waals surface area contributed by atoms with E-state index in [1.165, 1.54) is 21.3 Å². The van der Waals surface area contributed by atoms with Gasteiger partial charge in [0.05, 0.1) is 35.5 Å². The van der Waals surface area contributed by atoms with Gasteiger partial charge >= 0.3 is 0 Å². The van der Waals surface area contributed by atoms with E-state index in [9.17, 15) is 9.59 Å². The normalized spacial score (nSPS) is 16.3. The minimum atomic E-state index is -0.674. The highest BCUT2D eigenvalue weighted by Gasteiger charge is 2.42. The van der Waals surface area contributed by atoms with Crippen LogP contribution in [-0.4, -0.2) is 70.6 Å². The van der Waals surface area contributed by atoms with Gasteiger partial charge in [-0.1, -0.05) is 36.4 Å². The average Bonchev–Trinajstić information content (AvgIpc) is 3.45. The summed E-state index contributed by atoms with van der Waals surface area (Å²) < 4.78 is 27.0. The Labute approximate surface area is 238 Å². The number of hydrogen-bond donors (Lipinski definition) is 1. The van der Waals surface area contributed by atoms with Gasteiger partial charge in [0.1, 0.15) is 11.4 Å². The SMILES string of the molecule is COc1ccc(CCNC(=O)C2CSC(c3ccccc3)N2C(=O)c2cc(OC)c(OC)c(OC)c2)cc1OC. The van der Waals surface area contributed by atoms with Crippen molar-refractivity contribution < 1.29 is 33.3 Å². The van der Waals surface area contributed by atoms with Crippen molar-refractivity contribution in [2.75, 3.05) is 47.8 Å². The van der Waals surface area contributed by atoms with E-state index in [1.54, 1.807) is 43.0 Å². The molecule has 10 heteroatoms. The van der Waals surface area contributed by atoms with Crippen molar-refractivity contribution >= 4 is 23.6 Å². The molecular weight excluding hydrogens is 532 g/mol. The number of nitrogens with zero attached hydrogens (tertiary/aromatic N) is 1. The molecule has 1 aliphatic rings. The molecule has 212 valence electrons. The molecule has 0 bridgehead atoms. The van der Waals surface area contributed by atoms with Crippen LogP contribution in [0.4, 0.5) is 0 Å². The first kappa shape index (κ1) is 28.9. The molecule has 0 spiro atoms. The Kier molecular flexibility index (Phi) is 9.65. The van der Waals surface area contributed by atoms with Crippen molar-refractivity contribution in [3.63, 3.8) is 0 Å². The van der Waals surface area contributed by atoms with Crippen LogP contribution in [-0.2, 0) is 11.2 Å². The minimum Gasteiger partial charge on any atom is -0.493 e. The van der Waals surface area contributed by atoms with Gasteiger partial charge in [0.2, 0.25) is 11.7 Å². The number of nitrogens with one attached hydrogen (secondary N) is 1. The maximum absolute atomic E-state index is 14.1. The second-order valence-corrected chi connectivity index (χ2v) is 10.1. The molecule has 3 aromatic rings. The lowest BCUT2D eigenvalue weighted by molar-refractivity contribution is -0.124. The fourth-order valence-electron chi connectivity index (χ4n) is 4.67. The summed E-state index contributed by atoms with van der Waals surface area (Å²) in [5.74, 6) is 2.33. The van der Waals surface area contributed by atoms with Gasteiger partial charge < -0.3 is 33.9 Å². The fraction of sp³-hybridized carbons (Fsp3) is 0.333. The molecule has 2 unspecified atom stereocenters. The summed E-state index contributed by atoms with van der Waals surface area (Å²) in [6, 6.07) is 17.9. The van der Waals surface area contributed by atoms with Gasteiger partial charge in [-0.3, -0.25) is 9.59 Å². The number of carbonyl (C=O) groups excluding carboxylic acids is 2. The zero-order chi connectivity index (χ0) is 28.6. The van der Waals surface area contributed by atoms with E-state index >= 15 is 0 Å². The molecular formula is C30H34N2O7S. The lowest BCUT2D eigenvalue weighted by Gasteiger charge is -2.29. The predicted molar refractivity (Wildman–Crippen MR) is 154 cm³/mol. The first-order chi connectivity index (χ1) is 19.4. The van der Waals surface area contributed by atoms with Gasteiger partial charge in [-0.05, 0) is 41.8 Å². The molecule has 40 heavy (non-hydrogen) atoms. The summed E-state index contributed by atoms with van der Waals surface area (Å²) in [6.45, 7) is 0.400. The number of rotatable bonds is 11. The molecule has 9 nitrogen and oxygen atoms in total. The number of benzene rings is 3. The zero-order valence-electron chi connectivity index (χ0n) is 23.3. The van der Waals surface area contributed by atoms with Crippen LogP contribution in [0.25, 0.3) is 0 Å². The Hall–Kier alpha value is -4.05. The highest BCUT2D eigenvalue weighted by molar-refractivity contribution is 7.99. The molecule has 1 saturated heterocycles. The Balaban J connectivity index is 1.58. The van der Waals surface area contributed by atoms with Crippen LogP contribution in [0.5, 0.6) is 28.7 Å². The summed E-state index contributed by atoms with van der Waals surface area (Å²) in [6.07, 6.45) is 0.592. The van der Waals surface area contributed by atoms with Gasteiger partial charge in [0.15, 0.2) is 23.0 Å². The third-order valence-electron chi connectivity index (χ3n) is 6.69. The molecule has 1 fully saturated rings. The summed E-state index contributed by atoms with van der Waals surface area (Å²) in [4.78, 5) is 29.2. The first-order valence-corrected chi connectivity index (χ1v) is 13.8. The number of amides is 2. The Morgan fingerprint density at radius 3 is 2.08 bits per heavy atom. The highest BCUT2D eigenvalue weighted by atomic mass is 32.2. The van der Waals surface area contributed by atoms with E-state index in [4.69, 9.17) is 23.7 Å². The molecule has 2 amide bonds. The topological polar surface area (TPSA) is 95.6 Å². The third kappa shape index (κ3) is 6.07. The second kappa shape index (κ2) is 13.3. The monoisotopic (exact) mass is 566 g/mol.